The normalized spacial score (nSPS) is 11.1. The molecule has 0 aliphatic rings. The van der Waals surface area contributed by atoms with Gasteiger partial charge in [-0.1, -0.05) is 28.9 Å². The van der Waals surface area contributed by atoms with Crippen LogP contribution in [0.5, 0.6) is 0 Å². The maximum Gasteiger partial charge on any atom is 0.202 e. The fraction of sp³-hybridized carbons (Fsp3) is 0.111. The Hall–Kier alpha value is -3.33. The number of aromatic nitrogens is 5. The first-order valence-corrected chi connectivity index (χ1v) is 8.52. The van der Waals surface area contributed by atoms with Crippen molar-refractivity contribution in [3.63, 3.8) is 0 Å². The number of hydrogen-bond donors (Lipinski definition) is 1. The molecule has 0 amide bonds. The van der Waals surface area contributed by atoms with Gasteiger partial charge in [0.15, 0.2) is 16.8 Å². The molecule has 0 fully saturated rings. The molecular formula is C18H13ClF2N6O. The molecule has 3 aromatic heterocycles. The van der Waals surface area contributed by atoms with E-state index in [-0.39, 0.29) is 23.9 Å². The minimum atomic E-state index is -0.900. The fourth-order valence-corrected chi connectivity index (χ4v) is 2.87. The van der Waals surface area contributed by atoms with Crippen LogP contribution in [0.2, 0.25) is 5.15 Å². The predicted octanol–water partition coefficient (Wildman–Crippen LogP) is 3.87. The van der Waals surface area contributed by atoms with Crippen LogP contribution in [0, 0.1) is 18.6 Å². The molecule has 4 aromatic rings. The zero-order valence-corrected chi connectivity index (χ0v) is 15.3. The van der Waals surface area contributed by atoms with Crippen molar-refractivity contribution in [2.24, 2.45) is 0 Å². The summed E-state index contributed by atoms with van der Waals surface area (Å²) in [5.74, 6) is -1.61. The molecule has 0 unspecified atom stereocenters. The van der Waals surface area contributed by atoms with Crippen LogP contribution in [0.15, 0.2) is 41.1 Å². The van der Waals surface area contributed by atoms with E-state index < -0.39 is 16.8 Å². The SMILES string of the molecule is Cc1ccc(Cn2nc(-c3nc(N)c(F)c(Cl)n3)cc2-c2ccon2)c(F)c1. The third-order valence-corrected chi connectivity index (χ3v) is 4.32. The van der Waals surface area contributed by atoms with Gasteiger partial charge in [0.1, 0.15) is 23.5 Å². The van der Waals surface area contributed by atoms with Gasteiger partial charge in [-0.3, -0.25) is 4.68 Å². The number of nitrogens with two attached hydrogens (primary N) is 1. The Morgan fingerprint density at radius 3 is 2.64 bits per heavy atom. The van der Waals surface area contributed by atoms with Crippen LogP contribution in [0.1, 0.15) is 11.1 Å². The molecular weight excluding hydrogens is 390 g/mol. The second kappa shape index (κ2) is 7.01. The third-order valence-electron chi connectivity index (χ3n) is 4.07. The average Bonchev–Trinajstić information content (AvgIpc) is 3.31. The second-order valence-corrected chi connectivity index (χ2v) is 6.45. The number of hydrogen-bond acceptors (Lipinski definition) is 6. The van der Waals surface area contributed by atoms with Crippen molar-refractivity contribution in [3.8, 4) is 22.9 Å². The van der Waals surface area contributed by atoms with E-state index in [9.17, 15) is 8.78 Å². The van der Waals surface area contributed by atoms with Gasteiger partial charge < -0.3 is 10.3 Å². The lowest BCUT2D eigenvalue weighted by Gasteiger charge is -2.07. The molecule has 7 nitrogen and oxygen atoms in total. The number of aryl methyl sites for hydroxylation is 1. The number of nitrogens with zero attached hydrogens (tertiary/aromatic N) is 5. The van der Waals surface area contributed by atoms with Gasteiger partial charge in [0.2, 0.25) is 5.82 Å². The summed E-state index contributed by atoms with van der Waals surface area (Å²) in [6, 6.07) is 8.19. The van der Waals surface area contributed by atoms with Gasteiger partial charge >= 0.3 is 0 Å². The molecule has 0 spiro atoms. The van der Waals surface area contributed by atoms with Gasteiger partial charge in [-0.05, 0) is 24.6 Å². The first-order chi connectivity index (χ1) is 13.4. The average molecular weight is 403 g/mol. The minimum absolute atomic E-state index is 0.0387. The molecule has 0 atom stereocenters. The number of benzene rings is 1. The molecule has 0 aliphatic heterocycles. The fourth-order valence-electron chi connectivity index (χ4n) is 2.69. The maximum atomic E-state index is 14.3. The molecule has 0 saturated heterocycles. The molecule has 0 saturated carbocycles. The van der Waals surface area contributed by atoms with Crippen molar-refractivity contribution in [2.45, 2.75) is 13.5 Å². The van der Waals surface area contributed by atoms with E-state index >= 15 is 0 Å². The molecule has 142 valence electrons. The van der Waals surface area contributed by atoms with Crippen molar-refractivity contribution in [3.05, 3.63) is 64.5 Å². The van der Waals surface area contributed by atoms with E-state index in [1.54, 1.807) is 25.1 Å². The molecule has 3 heterocycles. The Morgan fingerprint density at radius 1 is 1.14 bits per heavy atom. The highest BCUT2D eigenvalue weighted by molar-refractivity contribution is 6.29. The number of rotatable bonds is 4. The van der Waals surface area contributed by atoms with E-state index in [0.717, 1.165) is 5.56 Å². The Morgan fingerprint density at radius 2 is 1.96 bits per heavy atom. The van der Waals surface area contributed by atoms with Crippen molar-refractivity contribution in [2.75, 3.05) is 5.73 Å². The largest absolute Gasteiger partial charge is 0.381 e. The van der Waals surface area contributed by atoms with Crippen molar-refractivity contribution in [1.82, 2.24) is 24.9 Å². The Balaban J connectivity index is 1.81. The molecule has 1 aromatic carbocycles. The van der Waals surface area contributed by atoms with Gasteiger partial charge in [-0.2, -0.15) is 9.49 Å². The quantitative estimate of drug-likeness (QED) is 0.521. The summed E-state index contributed by atoms with van der Waals surface area (Å²) < 4.78 is 34.4. The van der Waals surface area contributed by atoms with Gasteiger partial charge in [-0.25, -0.2) is 14.4 Å². The van der Waals surface area contributed by atoms with Crippen LogP contribution in [-0.2, 0) is 6.54 Å². The van der Waals surface area contributed by atoms with Gasteiger partial charge in [0.25, 0.3) is 0 Å². The van der Waals surface area contributed by atoms with Crippen molar-refractivity contribution >= 4 is 17.4 Å². The zero-order valence-electron chi connectivity index (χ0n) is 14.5. The molecule has 28 heavy (non-hydrogen) atoms. The Kier molecular flexibility index (Phi) is 4.52. The van der Waals surface area contributed by atoms with Gasteiger partial charge in [0.05, 0.1) is 12.2 Å². The van der Waals surface area contributed by atoms with Crippen LogP contribution < -0.4 is 5.73 Å². The van der Waals surface area contributed by atoms with Crippen LogP contribution in [0.4, 0.5) is 14.6 Å². The smallest absolute Gasteiger partial charge is 0.202 e. The summed E-state index contributed by atoms with van der Waals surface area (Å²) >= 11 is 5.76. The topological polar surface area (TPSA) is 95.7 Å². The highest BCUT2D eigenvalue weighted by atomic mass is 35.5. The highest BCUT2D eigenvalue weighted by Gasteiger charge is 2.19. The Bertz CT molecular complexity index is 1140. The number of halogens is 3. The van der Waals surface area contributed by atoms with E-state index in [1.807, 2.05) is 6.07 Å². The number of nitrogen functional groups attached to an aromatic ring is 1. The molecule has 0 bridgehead atoms. The van der Waals surface area contributed by atoms with E-state index in [4.69, 9.17) is 21.9 Å². The Labute approximate surface area is 162 Å². The third kappa shape index (κ3) is 3.31. The molecule has 0 radical (unpaired) electrons. The molecule has 2 N–H and O–H groups in total. The lowest BCUT2D eigenvalue weighted by atomic mass is 10.1. The summed E-state index contributed by atoms with van der Waals surface area (Å²) in [4.78, 5) is 7.77. The first-order valence-electron chi connectivity index (χ1n) is 8.15. The van der Waals surface area contributed by atoms with Gasteiger partial charge in [-0.15, -0.1) is 0 Å². The zero-order chi connectivity index (χ0) is 19.8. The summed E-state index contributed by atoms with van der Waals surface area (Å²) in [5, 5.41) is 7.90. The summed E-state index contributed by atoms with van der Waals surface area (Å²) in [6.07, 6.45) is 1.40. The van der Waals surface area contributed by atoms with E-state index in [1.165, 1.54) is 17.0 Å². The highest BCUT2D eigenvalue weighted by Crippen LogP contribution is 2.27. The summed E-state index contributed by atoms with van der Waals surface area (Å²) in [7, 11) is 0. The van der Waals surface area contributed by atoms with E-state index in [0.29, 0.717) is 17.0 Å². The molecule has 0 aliphatic carbocycles. The number of anilines is 1. The van der Waals surface area contributed by atoms with Gasteiger partial charge in [0, 0.05) is 11.6 Å². The van der Waals surface area contributed by atoms with Crippen molar-refractivity contribution in [1.29, 1.82) is 0 Å². The van der Waals surface area contributed by atoms with Crippen molar-refractivity contribution < 1.29 is 13.3 Å². The predicted molar refractivity (Wildman–Crippen MR) is 98.4 cm³/mol. The summed E-state index contributed by atoms with van der Waals surface area (Å²) in [6.45, 7) is 1.93. The second-order valence-electron chi connectivity index (χ2n) is 6.09. The van der Waals surface area contributed by atoms with Crippen LogP contribution in [0.25, 0.3) is 22.9 Å². The van der Waals surface area contributed by atoms with Crippen LogP contribution in [0.3, 0.4) is 0 Å². The standard InChI is InChI=1S/C18H13ClF2N6O/c1-9-2-3-10(11(20)6-9)8-27-14(12-4-5-28-26-12)7-13(25-27)18-23-16(19)15(21)17(22)24-18/h2-7H,8H2,1H3,(H2,22,23,24). The first kappa shape index (κ1) is 18.1. The minimum Gasteiger partial charge on any atom is -0.381 e. The molecule has 10 heteroatoms. The maximum absolute atomic E-state index is 14.3. The lowest BCUT2D eigenvalue weighted by molar-refractivity contribution is 0.421. The van der Waals surface area contributed by atoms with Crippen LogP contribution >= 0.6 is 11.6 Å². The molecule has 4 rings (SSSR count). The lowest BCUT2D eigenvalue weighted by Crippen LogP contribution is -2.06. The summed E-state index contributed by atoms with van der Waals surface area (Å²) in [5.41, 5.74) is 8.07. The van der Waals surface area contributed by atoms with Crippen LogP contribution in [-0.4, -0.2) is 24.9 Å². The monoisotopic (exact) mass is 402 g/mol. The van der Waals surface area contributed by atoms with E-state index in [2.05, 4.69) is 20.2 Å².